The Morgan fingerprint density at radius 1 is 1.29 bits per heavy atom. The Morgan fingerprint density at radius 3 is 2.62 bits per heavy atom. The molecule has 1 aromatic heterocycles. The van der Waals surface area contributed by atoms with Gasteiger partial charge in [-0.3, -0.25) is 0 Å². The van der Waals surface area contributed by atoms with E-state index < -0.39 is 6.10 Å². The first kappa shape index (κ1) is 15.8. The van der Waals surface area contributed by atoms with Crippen LogP contribution in [-0.4, -0.2) is 27.7 Å². The van der Waals surface area contributed by atoms with Crippen molar-refractivity contribution in [3.63, 3.8) is 0 Å². The Kier molecular flexibility index (Phi) is 4.85. The molecule has 0 spiro atoms. The van der Waals surface area contributed by atoms with Crippen LogP contribution in [0, 0.1) is 4.77 Å². The molecule has 0 aliphatic heterocycles. The summed E-state index contributed by atoms with van der Waals surface area (Å²) in [5.41, 5.74) is 3.31. The third-order valence-electron chi connectivity index (χ3n) is 3.37. The number of rotatable bonds is 5. The molecule has 1 aromatic carbocycles. The molecule has 0 amide bonds. The molecule has 0 fully saturated rings. The topological polar surface area (TPSA) is 63.8 Å². The summed E-state index contributed by atoms with van der Waals surface area (Å²) in [6.45, 7) is 7.05. The molecule has 0 saturated heterocycles. The van der Waals surface area contributed by atoms with Crippen LogP contribution < -0.4 is 5.32 Å². The number of aromatic nitrogens is 2. The Balaban J connectivity index is 1.98. The lowest BCUT2D eigenvalue weighted by Crippen LogP contribution is -2.24. The molecule has 1 atom stereocenters. The summed E-state index contributed by atoms with van der Waals surface area (Å²) >= 11 is 4.98. The van der Waals surface area contributed by atoms with Gasteiger partial charge in [0.25, 0.3) is 0 Å². The number of hydrogen-bond acceptors (Lipinski definition) is 3. The lowest BCUT2D eigenvalue weighted by molar-refractivity contribution is 0.187. The third kappa shape index (κ3) is 4.44. The van der Waals surface area contributed by atoms with Crippen LogP contribution >= 0.6 is 12.2 Å². The van der Waals surface area contributed by atoms with Crippen LogP contribution in [0.15, 0.2) is 30.5 Å². The average Bonchev–Trinajstić information content (AvgIpc) is 2.81. The van der Waals surface area contributed by atoms with E-state index in [0.29, 0.717) is 17.7 Å². The first-order valence-corrected chi connectivity index (χ1v) is 7.55. The molecular weight excluding hydrogens is 282 g/mol. The highest BCUT2D eigenvalue weighted by Crippen LogP contribution is 2.29. The molecule has 1 unspecified atom stereocenters. The zero-order chi connectivity index (χ0) is 15.5. The summed E-state index contributed by atoms with van der Waals surface area (Å²) in [4.78, 5) is 5.92. The number of hydrogen-bond donors (Lipinski definition) is 4. The fourth-order valence-electron chi connectivity index (χ4n) is 2.33. The van der Waals surface area contributed by atoms with E-state index in [1.165, 1.54) is 5.56 Å². The fourth-order valence-corrected chi connectivity index (χ4v) is 2.52. The van der Waals surface area contributed by atoms with Gasteiger partial charge in [0, 0.05) is 30.5 Å². The number of anilines is 1. The first-order valence-electron chi connectivity index (χ1n) is 7.14. The van der Waals surface area contributed by atoms with Gasteiger partial charge in [0.05, 0.1) is 6.10 Å². The van der Waals surface area contributed by atoms with Gasteiger partial charge in [0.15, 0.2) is 4.77 Å². The smallest absolute Gasteiger partial charge is 0.174 e. The molecule has 21 heavy (non-hydrogen) atoms. The molecule has 0 radical (unpaired) electrons. The van der Waals surface area contributed by atoms with Gasteiger partial charge in [-0.05, 0) is 29.3 Å². The highest BCUT2D eigenvalue weighted by atomic mass is 32.1. The molecule has 5 heteroatoms. The molecule has 114 valence electrons. The highest BCUT2D eigenvalue weighted by Gasteiger charge is 2.17. The first-order chi connectivity index (χ1) is 9.86. The number of aliphatic hydroxyl groups excluding tert-OH is 1. The van der Waals surface area contributed by atoms with Gasteiger partial charge in [0.2, 0.25) is 0 Å². The van der Waals surface area contributed by atoms with Crippen molar-refractivity contribution in [2.45, 2.75) is 38.7 Å². The van der Waals surface area contributed by atoms with Crippen LogP contribution in [0.2, 0.25) is 0 Å². The minimum atomic E-state index is -0.473. The fraction of sp³-hybridized carbons (Fsp3) is 0.438. The van der Waals surface area contributed by atoms with Gasteiger partial charge >= 0.3 is 0 Å². The van der Waals surface area contributed by atoms with Gasteiger partial charge < -0.3 is 20.4 Å². The van der Waals surface area contributed by atoms with Crippen LogP contribution in [0.4, 0.5) is 5.69 Å². The van der Waals surface area contributed by atoms with E-state index in [9.17, 15) is 5.11 Å². The second kappa shape index (κ2) is 6.45. The lowest BCUT2D eigenvalue weighted by Gasteiger charge is -2.24. The highest BCUT2D eigenvalue weighted by molar-refractivity contribution is 7.71. The molecule has 2 aromatic rings. The van der Waals surface area contributed by atoms with Crippen molar-refractivity contribution in [3.8, 4) is 0 Å². The van der Waals surface area contributed by atoms with Crippen molar-refractivity contribution in [3.05, 3.63) is 46.5 Å². The van der Waals surface area contributed by atoms with Gasteiger partial charge in [-0.2, -0.15) is 0 Å². The largest absolute Gasteiger partial charge is 0.391 e. The second-order valence-corrected chi connectivity index (χ2v) is 6.71. The lowest BCUT2D eigenvalue weighted by atomic mass is 9.86. The Hall–Kier alpha value is -1.59. The predicted octanol–water partition coefficient (Wildman–Crippen LogP) is 3.39. The summed E-state index contributed by atoms with van der Waals surface area (Å²) in [6.07, 6.45) is 1.87. The van der Waals surface area contributed by atoms with Crippen molar-refractivity contribution in [1.29, 1.82) is 0 Å². The Morgan fingerprint density at radius 2 is 2.00 bits per heavy atom. The van der Waals surface area contributed by atoms with Gasteiger partial charge in [0.1, 0.15) is 0 Å². The molecule has 4 nitrogen and oxygen atoms in total. The summed E-state index contributed by atoms with van der Waals surface area (Å²) in [7, 11) is 0. The van der Waals surface area contributed by atoms with Gasteiger partial charge in [-0.15, -0.1) is 0 Å². The number of para-hydroxylation sites is 1. The Bertz CT molecular complexity index is 639. The second-order valence-electron chi connectivity index (χ2n) is 6.30. The maximum Gasteiger partial charge on any atom is 0.174 e. The quantitative estimate of drug-likeness (QED) is 0.640. The zero-order valence-corrected chi connectivity index (χ0v) is 13.6. The molecule has 0 aliphatic carbocycles. The normalized spacial score (nSPS) is 13.1. The standard InChI is InChI=1S/C16H23N3OS/c1-16(2,3)13-6-4-5-7-14(13)17-10-12(20)8-11-9-18-15(21)19-11/h4-7,9,12,17,20H,8,10H2,1-3H3,(H2,18,19,21). The molecule has 2 rings (SSSR count). The van der Waals surface area contributed by atoms with Crippen LogP contribution in [0.25, 0.3) is 0 Å². The summed E-state index contributed by atoms with van der Waals surface area (Å²) in [5, 5.41) is 13.5. The van der Waals surface area contributed by atoms with E-state index in [0.717, 1.165) is 11.4 Å². The molecular formula is C16H23N3OS. The number of benzene rings is 1. The SMILES string of the molecule is CC(C)(C)c1ccccc1NCC(O)Cc1c[nH]c(=S)[nH]1. The van der Waals surface area contributed by atoms with E-state index in [1.54, 1.807) is 6.20 Å². The van der Waals surface area contributed by atoms with Crippen LogP contribution in [-0.2, 0) is 11.8 Å². The molecule has 4 N–H and O–H groups in total. The number of imidazole rings is 1. The number of aromatic amines is 2. The van der Waals surface area contributed by atoms with Crippen molar-refractivity contribution >= 4 is 17.9 Å². The van der Waals surface area contributed by atoms with Crippen LogP contribution in [0.5, 0.6) is 0 Å². The summed E-state index contributed by atoms with van der Waals surface area (Å²) < 4.78 is 0.586. The van der Waals surface area contributed by atoms with Gasteiger partial charge in [-0.25, -0.2) is 0 Å². The minimum absolute atomic E-state index is 0.0696. The number of aliphatic hydroxyl groups is 1. The van der Waals surface area contributed by atoms with E-state index in [2.05, 4.69) is 48.2 Å². The van der Waals surface area contributed by atoms with Gasteiger partial charge in [-0.1, -0.05) is 39.0 Å². The van der Waals surface area contributed by atoms with Crippen LogP contribution in [0.1, 0.15) is 32.0 Å². The van der Waals surface area contributed by atoms with Crippen molar-refractivity contribution < 1.29 is 5.11 Å². The summed E-state index contributed by atoms with van der Waals surface area (Å²) in [5.74, 6) is 0. The minimum Gasteiger partial charge on any atom is -0.391 e. The maximum atomic E-state index is 10.1. The predicted molar refractivity (Wildman–Crippen MR) is 89.3 cm³/mol. The van der Waals surface area contributed by atoms with Crippen LogP contribution in [0.3, 0.4) is 0 Å². The molecule has 0 saturated carbocycles. The number of nitrogens with one attached hydrogen (secondary N) is 3. The number of H-pyrrole nitrogens is 2. The van der Waals surface area contributed by atoms with Crippen molar-refractivity contribution in [2.75, 3.05) is 11.9 Å². The van der Waals surface area contributed by atoms with E-state index in [1.807, 2.05) is 12.1 Å². The average molecular weight is 305 g/mol. The monoisotopic (exact) mass is 305 g/mol. The van der Waals surface area contributed by atoms with Crippen molar-refractivity contribution in [1.82, 2.24) is 9.97 Å². The molecule has 0 aliphatic rings. The maximum absolute atomic E-state index is 10.1. The molecule has 0 bridgehead atoms. The van der Waals surface area contributed by atoms with E-state index in [-0.39, 0.29) is 5.41 Å². The zero-order valence-electron chi connectivity index (χ0n) is 12.7. The Labute approximate surface area is 130 Å². The summed E-state index contributed by atoms with van der Waals surface area (Å²) in [6, 6.07) is 8.23. The molecule has 1 heterocycles. The van der Waals surface area contributed by atoms with Crippen molar-refractivity contribution in [2.24, 2.45) is 0 Å². The van der Waals surface area contributed by atoms with E-state index in [4.69, 9.17) is 12.2 Å². The van der Waals surface area contributed by atoms with E-state index >= 15 is 0 Å². The third-order valence-corrected chi connectivity index (χ3v) is 3.59.